The van der Waals surface area contributed by atoms with E-state index in [1.54, 1.807) is 0 Å². The lowest BCUT2D eigenvalue weighted by Crippen LogP contribution is -2.32. The van der Waals surface area contributed by atoms with Crippen molar-refractivity contribution in [3.63, 3.8) is 0 Å². The van der Waals surface area contributed by atoms with Crippen LogP contribution in [0, 0.1) is 0 Å². The Balaban J connectivity index is 1.88. The Morgan fingerprint density at radius 3 is 2.69 bits per heavy atom. The van der Waals surface area contributed by atoms with Gasteiger partial charge in [-0.05, 0) is 25.8 Å². The molecule has 0 aliphatic carbocycles. The lowest BCUT2D eigenvalue weighted by atomic mass is 10.1. The van der Waals surface area contributed by atoms with Gasteiger partial charge in [-0.15, -0.1) is 0 Å². The summed E-state index contributed by atoms with van der Waals surface area (Å²) < 4.78 is 5.23. The molecule has 0 bridgehead atoms. The molecule has 0 radical (unpaired) electrons. The van der Waals surface area contributed by atoms with Crippen LogP contribution in [0.5, 0.6) is 0 Å². The molecule has 0 aromatic heterocycles. The first-order valence-electron chi connectivity index (χ1n) is 6.74. The van der Waals surface area contributed by atoms with E-state index in [2.05, 4.69) is 12.2 Å². The van der Waals surface area contributed by atoms with E-state index in [4.69, 9.17) is 4.74 Å². The van der Waals surface area contributed by atoms with E-state index in [9.17, 15) is 4.79 Å². The molecule has 3 nitrogen and oxygen atoms in total. The van der Waals surface area contributed by atoms with Crippen molar-refractivity contribution in [2.24, 2.45) is 0 Å². The minimum atomic E-state index is -0.0499. The molecule has 1 N–H and O–H groups in total. The average molecular weight is 227 g/mol. The van der Waals surface area contributed by atoms with Gasteiger partial charge in [-0.25, -0.2) is 0 Å². The SMILES string of the molecule is CCCCCCCCOC(=O)[C@@H]1CCCN1. The zero-order valence-electron chi connectivity index (χ0n) is 10.5. The van der Waals surface area contributed by atoms with Crippen molar-refractivity contribution in [2.75, 3.05) is 13.2 Å². The predicted molar refractivity (Wildman–Crippen MR) is 65.4 cm³/mol. The third-order valence-corrected chi connectivity index (χ3v) is 3.09. The number of rotatable bonds is 8. The van der Waals surface area contributed by atoms with Crippen molar-refractivity contribution < 1.29 is 9.53 Å². The van der Waals surface area contributed by atoms with Gasteiger partial charge in [-0.2, -0.15) is 0 Å². The molecular formula is C13H25NO2. The van der Waals surface area contributed by atoms with E-state index in [-0.39, 0.29) is 12.0 Å². The van der Waals surface area contributed by atoms with Gasteiger partial charge in [0.05, 0.1) is 6.61 Å². The highest BCUT2D eigenvalue weighted by molar-refractivity contribution is 5.76. The van der Waals surface area contributed by atoms with E-state index in [0.29, 0.717) is 6.61 Å². The molecule has 1 aliphatic rings. The molecule has 1 rings (SSSR count). The maximum atomic E-state index is 11.5. The van der Waals surface area contributed by atoms with Crippen LogP contribution in [0.25, 0.3) is 0 Å². The molecule has 94 valence electrons. The Bertz CT molecular complexity index is 188. The minimum absolute atomic E-state index is 0.0277. The molecule has 1 heterocycles. The van der Waals surface area contributed by atoms with E-state index in [0.717, 1.165) is 25.8 Å². The van der Waals surface area contributed by atoms with Crippen LogP contribution in [0.3, 0.4) is 0 Å². The van der Waals surface area contributed by atoms with Crippen molar-refractivity contribution >= 4 is 5.97 Å². The van der Waals surface area contributed by atoms with Gasteiger partial charge in [0, 0.05) is 0 Å². The summed E-state index contributed by atoms with van der Waals surface area (Å²) in [5.41, 5.74) is 0. The molecule has 0 spiro atoms. The third kappa shape index (κ3) is 5.50. The summed E-state index contributed by atoms with van der Waals surface area (Å²) >= 11 is 0. The number of carbonyl (C=O) groups is 1. The Labute approximate surface area is 98.9 Å². The van der Waals surface area contributed by atoms with E-state index >= 15 is 0 Å². The highest BCUT2D eigenvalue weighted by atomic mass is 16.5. The molecule has 0 saturated carbocycles. The number of unbranched alkanes of at least 4 members (excludes halogenated alkanes) is 5. The molecule has 3 heteroatoms. The largest absolute Gasteiger partial charge is 0.465 e. The summed E-state index contributed by atoms with van der Waals surface area (Å²) in [4.78, 5) is 11.5. The van der Waals surface area contributed by atoms with Crippen LogP contribution in [0.1, 0.15) is 58.3 Å². The quantitative estimate of drug-likeness (QED) is 0.512. The maximum Gasteiger partial charge on any atom is 0.323 e. The second-order valence-electron chi connectivity index (χ2n) is 4.58. The van der Waals surface area contributed by atoms with Gasteiger partial charge in [0.1, 0.15) is 6.04 Å². The Kier molecular flexibility index (Phi) is 7.23. The number of hydrogen-bond acceptors (Lipinski definition) is 3. The van der Waals surface area contributed by atoms with Crippen LogP contribution < -0.4 is 5.32 Å². The molecule has 0 amide bonds. The Hall–Kier alpha value is -0.570. The summed E-state index contributed by atoms with van der Waals surface area (Å²) in [5.74, 6) is -0.0499. The van der Waals surface area contributed by atoms with E-state index in [1.807, 2.05) is 0 Å². The summed E-state index contributed by atoms with van der Waals surface area (Å²) in [6.07, 6.45) is 9.43. The monoisotopic (exact) mass is 227 g/mol. The van der Waals surface area contributed by atoms with Crippen LogP contribution >= 0.6 is 0 Å². The summed E-state index contributed by atoms with van der Waals surface area (Å²) in [6, 6.07) is -0.0277. The van der Waals surface area contributed by atoms with E-state index in [1.165, 1.54) is 32.1 Å². The van der Waals surface area contributed by atoms with Crippen LogP contribution in [-0.4, -0.2) is 25.2 Å². The molecule has 0 aromatic carbocycles. The number of hydrogen-bond donors (Lipinski definition) is 1. The highest BCUT2D eigenvalue weighted by Crippen LogP contribution is 2.08. The van der Waals surface area contributed by atoms with E-state index < -0.39 is 0 Å². The van der Waals surface area contributed by atoms with Crippen molar-refractivity contribution in [1.29, 1.82) is 0 Å². The zero-order valence-corrected chi connectivity index (χ0v) is 10.5. The number of nitrogens with one attached hydrogen (secondary N) is 1. The molecule has 1 aliphatic heterocycles. The maximum absolute atomic E-state index is 11.5. The third-order valence-electron chi connectivity index (χ3n) is 3.09. The standard InChI is InChI=1S/C13H25NO2/c1-2-3-4-5-6-7-11-16-13(15)12-9-8-10-14-12/h12,14H,2-11H2,1H3/t12-/m0/s1. The first-order chi connectivity index (χ1) is 7.84. The lowest BCUT2D eigenvalue weighted by molar-refractivity contribution is -0.145. The number of esters is 1. The minimum Gasteiger partial charge on any atom is -0.465 e. The molecule has 1 fully saturated rings. The Morgan fingerprint density at radius 2 is 2.00 bits per heavy atom. The van der Waals surface area contributed by atoms with Crippen LogP contribution in [-0.2, 0) is 9.53 Å². The van der Waals surface area contributed by atoms with Crippen LogP contribution in [0.4, 0.5) is 0 Å². The topological polar surface area (TPSA) is 38.3 Å². The van der Waals surface area contributed by atoms with Gasteiger partial charge < -0.3 is 10.1 Å². The molecule has 0 unspecified atom stereocenters. The second kappa shape index (κ2) is 8.57. The van der Waals surface area contributed by atoms with Crippen molar-refractivity contribution in [3.8, 4) is 0 Å². The fraction of sp³-hybridized carbons (Fsp3) is 0.923. The van der Waals surface area contributed by atoms with Gasteiger partial charge in [0.2, 0.25) is 0 Å². The summed E-state index contributed by atoms with van der Waals surface area (Å²) in [5, 5.41) is 3.15. The smallest absolute Gasteiger partial charge is 0.323 e. The first kappa shape index (κ1) is 13.5. The van der Waals surface area contributed by atoms with Crippen LogP contribution in [0.2, 0.25) is 0 Å². The lowest BCUT2D eigenvalue weighted by Gasteiger charge is -2.09. The van der Waals surface area contributed by atoms with Gasteiger partial charge in [0.15, 0.2) is 0 Å². The highest BCUT2D eigenvalue weighted by Gasteiger charge is 2.22. The fourth-order valence-electron chi connectivity index (χ4n) is 2.04. The predicted octanol–water partition coefficient (Wildman–Crippen LogP) is 2.64. The molecule has 1 atom stereocenters. The fourth-order valence-corrected chi connectivity index (χ4v) is 2.04. The number of carbonyl (C=O) groups excluding carboxylic acids is 1. The van der Waals surface area contributed by atoms with Gasteiger partial charge >= 0.3 is 5.97 Å². The molecule has 0 aromatic rings. The Morgan fingerprint density at radius 1 is 1.25 bits per heavy atom. The summed E-state index contributed by atoms with van der Waals surface area (Å²) in [6.45, 7) is 3.77. The molecule has 1 saturated heterocycles. The number of ether oxygens (including phenoxy) is 1. The van der Waals surface area contributed by atoms with Crippen molar-refractivity contribution in [3.05, 3.63) is 0 Å². The van der Waals surface area contributed by atoms with Gasteiger partial charge in [-0.1, -0.05) is 39.0 Å². The van der Waals surface area contributed by atoms with Crippen LogP contribution in [0.15, 0.2) is 0 Å². The zero-order chi connectivity index (χ0) is 11.6. The molecular weight excluding hydrogens is 202 g/mol. The average Bonchev–Trinajstić information content (AvgIpc) is 2.81. The van der Waals surface area contributed by atoms with Crippen molar-refractivity contribution in [2.45, 2.75) is 64.3 Å². The molecule has 16 heavy (non-hydrogen) atoms. The first-order valence-corrected chi connectivity index (χ1v) is 6.74. The normalized spacial score (nSPS) is 19.9. The van der Waals surface area contributed by atoms with Crippen molar-refractivity contribution in [1.82, 2.24) is 5.32 Å². The second-order valence-corrected chi connectivity index (χ2v) is 4.58. The van der Waals surface area contributed by atoms with Gasteiger partial charge in [0.25, 0.3) is 0 Å². The summed E-state index contributed by atoms with van der Waals surface area (Å²) in [7, 11) is 0. The van der Waals surface area contributed by atoms with Gasteiger partial charge in [-0.3, -0.25) is 4.79 Å².